The molecule has 0 aliphatic carbocycles. The van der Waals surface area contributed by atoms with Crippen LogP contribution >= 0.6 is 11.8 Å². The van der Waals surface area contributed by atoms with Crippen molar-refractivity contribution in [1.29, 1.82) is 0 Å². The van der Waals surface area contributed by atoms with Crippen molar-refractivity contribution in [3.05, 3.63) is 89.5 Å². The highest BCUT2D eigenvalue weighted by molar-refractivity contribution is 7.99. The smallest absolute Gasteiger partial charge is 0.255 e. The lowest BCUT2D eigenvalue weighted by atomic mass is 10.0. The predicted octanol–water partition coefficient (Wildman–Crippen LogP) is 6.00. The summed E-state index contributed by atoms with van der Waals surface area (Å²) in [5.74, 6) is 0.908. The fourth-order valence-corrected chi connectivity index (χ4v) is 4.56. The van der Waals surface area contributed by atoms with E-state index < -0.39 is 0 Å². The van der Waals surface area contributed by atoms with Crippen molar-refractivity contribution in [2.24, 2.45) is 0 Å². The lowest BCUT2D eigenvalue weighted by molar-refractivity contribution is 0.102. The molecule has 0 saturated heterocycles. The quantitative estimate of drug-likeness (QED) is 0.513. The van der Waals surface area contributed by atoms with E-state index in [1.807, 2.05) is 36.4 Å². The maximum absolute atomic E-state index is 12.7. The standard InChI is InChI=1S/C25H26N2OS/c1-2-29-24-12-6-4-10-22(24)26-25(28)21-15-13-19(14-16-21)18-27-17-7-9-20-8-3-5-11-23(20)27/h3-6,8,10-16H,2,7,9,17-18H2,1H3,(H,26,28). The summed E-state index contributed by atoms with van der Waals surface area (Å²) in [6.45, 7) is 4.06. The number of aryl methyl sites for hydroxylation is 1. The molecule has 148 valence electrons. The third-order valence-corrected chi connectivity index (χ3v) is 6.19. The van der Waals surface area contributed by atoms with E-state index in [0.29, 0.717) is 5.56 Å². The number of anilines is 2. The van der Waals surface area contributed by atoms with Gasteiger partial charge in [0.2, 0.25) is 0 Å². The molecule has 1 aliphatic rings. The van der Waals surface area contributed by atoms with Crippen molar-refractivity contribution in [3.63, 3.8) is 0 Å². The summed E-state index contributed by atoms with van der Waals surface area (Å²) >= 11 is 1.74. The highest BCUT2D eigenvalue weighted by atomic mass is 32.2. The molecule has 3 aromatic carbocycles. The molecule has 0 aromatic heterocycles. The molecule has 1 heterocycles. The molecule has 0 fully saturated rings. The van der Waals surface area contributed by atoms with E-state index >= 15 is 0 Å². The number of nitrogens with one attached hydrogen (secondary N) is 1. The molecular formula is C25H26N2OS. The molecule has 1 N–H and O–H groups in total. The summed E-state index contributed by atoms with van der Waals surface area (Å²) < 4.78 is 0. The summed E-state index contributed by atoms with van der Waals surface area (Å²) in [5.41, 5.74) is 5.55. The SMILES string of the molecule is CCSc1ccccc1NC(=O)c1ccc(CN2CCCc3ccccc32)cc1. The maximum Gasteiger partial charge on any atom is 0.255 e. The van der Waals surface area contributed by atoms with Gasteiger partial charge >= 0.3 is 0 Å². The molecule has 1 amide bonds. The van der Waals surface area contributed by atoms with Crippen molar-refractivity contribution in [2.75, 3.05) is 22.5 Å². The van der Waals surface area contributed by atoms with Gasteiger partial charge in [0.05, 0.1) is 5.69 Å². The number of carbonyl (C=O) groups excluding carboxylic acids is 1. The van der Waals surface area contributed by atoms with E-state index in [-0.39, 0.29) is 5.91 Å². The molecule has 0 bridgehead atoms. The molecular weight excluding hydrogens is 376 g/mol. The minimum Gasteiger partial charge on any atom is -0.367 e. The molecule has 3 aromatic rings. The van der Waals surface area contributed by atoms with Gasteiger partial charge in [-0.1, -0.05) is 49.4 Å². The topological polar surface area (TPSA) is 32.3 Å². The Kier molecular flexibility index (Phi) is 6.20. The second-order valence-corrected chi connectivity index (χ2v) is 8.54. The number of benzene rings is 3. The van der Waals surface area contributed by atoms with E-state index in [1.54, 1.807) is 11.8 Å². The van der Waals surface area contributed by atoms with Crippen molar-refractivity contribution in [2.45, 2.75) is 31.2 Å². The Morgan fingerprint density at radius 3 is 2.59 bits per heavy atom. The maximum atomic E-state index is 12.7. The Balaban J connectivity index is 1.44. The predicted molar refractivity (Wildman–Crippen MR) is 123 cm³/mol. The van der Waals surface area contributed by atoms with Gasteiger partial charge in [-0.2, -0.15) is 0 Å². The van der Waals surface area contributed by atoms with Crippen LogP contribution in [0.3, 0.4) is 0 Å². The summed E-state index contributed by atoms with van der Waals surface area (Å²) in [7, 11) is 0. The third-order valence-electron chi connectivity index (χ3n) is 5.23. The summed E-state index contributed by atoms with van der Waals surface area (Å²) in [4.78, 5) is 16.2. The number of thioether (sulfide) groups is 1. The fraction of sp³-hybridized carbons (Fsp3) is 0.240. The van der Waals surface area contributed by atoms with Crippen LogP contribution in [0.5, 0.6) is 0 Å². The van der Waals surface area contributed by atoms with E-state index in [2.05, 4.69) is 53.5 Å². The lowest BCUT2D eigenvalue weighted by Gasteiger charge is -2.31. The van der Waals surface area contributed by atoms with Gasteiger partial charge in [0, 0.05) is 29.2 Å². The zero-order valence-electron chi connectivity index (χ0n) is 16.7. The molecule has 0 saturated carbocycles. The normalized spacial score (nSPS) is 13.1. The van der Waals surface area contributed by atoms with Gasteiger partial charge < -0.3 is 10.2 Å². The van der Waals surface area contributed by atoms with Crippen molar-refractivity contribution in [3.8, 4) is 0 Å². The van der Waals surface area contributed by atoms with Gasteiger partial charge in [-0.15, -0.1) is 11.8 Å². The van der Waals surface area contributed by atoms with Gasteiger partial charge in [0.25, 0.3) is 5.91 Å². The first-order valence-corrected chi connectivity index (χ1v) is 11.2. The number of rotatable bonds is 6. The van der Waals surface area contributed by atoms with Crippen molar-refractivity contribution in [1.82, 2.24) is 0 Å². The average Bonchev–Trinajstić information content (AvgIpc) is 2.76. The molecule has 4 rings (SSSR count). The first-order chi connectivity index (χ1) is 14.2. The second kappa shape index (κ2) is 9.19. The zero-order valence-corrected chi connectivity index (χ0v) is 17.5. The van der Waals surface area contributed by atoms with Crippen LogP contribution in [0, 0.1) is 0 Å². The van der Waals surface area contributed by atoms with Gasteiger partial charge in [-0.3, -0.25) is 4.79 Å². The van der Waals surface area contributed by atoms with E-state index in [4.69, 9.17) is 0 Å². The number of carbonyl (C=O) groups is 1. The van der Waals surface area contributed by atoms with Gasteiger partial charge in [0.15, 0.2) is 0 Å². The summed E-state index contributed by atoms with van der Waals surface area (Å²) in [6.07, 6.45) is 2.34. The first-order valence-electron chi connectivity index (χ1n) is 10.2. The van der Waals surface area contributed by atoms with Gasteiger partial charge in [-0.05, 0) is 60.1 Å². The van der Waals surface area contributed by atoms with Gasteiger partial charge in [0.1, 0.15) is 0 Å². The molecule has 29 heavy (non-hydrogen) atoms. The summed E-state index contributed by atoms with van der Waals surface area (Å²) in [6, 6.07) is 24.6. The molecule has 0 radical (unpaired) electrons. The number of hydrogen-bond acceptors (Lipinski definition) is 3. The fourth-order valence-electron chi connectivity index (χ4n) is 3.80. The van der Waals surface area contributed by atoms with E-state index in [9.17, 15) is 4.79 Å². The van der Waals surface area contributed by atoms with Crippen LogP contribution in [0.15, 0.2) is 77.7 Å². The van der Waals surface area contributed by atoms with Gasteiger partial charge in [-0.25, -0.2) is 0 Å². The Labute approximate surface area is 177 Å². The Morgan fingerprint density at radius 1 is 1.00 bits per heavy atom. The number of fused-ring (bicyclic) bond motifs is 1. The minimum absolute atomic E-state index is 0.0657. The van der Waals surface area contributed by atoms with E-state index in [1.165, 1.54) is 23.2 Å². The first kappa shape index (κ1) is 19.6. The largest absolute Gasteiger partial charge is 0.367 e. The van der Waals surface area contributed by atoms with Crippen LogP contribution < -0.4 is 10.2 Å². The lowest BCUT2D eigenvalue weighted by Crippen LogP contribution is -2.28. The Morgan fingerprint density at radius 2 is 1.76 bits per heavy atom. The van der Waals surface area contributed by atoms with E-state index in [0.717, 1.165) is 35.8 Å². The number of nitrogens with zero attached hydrogens (tertiary/aromatic N) is 1. The number of hydrogen-bond donors (Lipinski definition) is 1. The van der Waals surface area contributed by atoms with Crippen LogP contribution in [-0.2, 0) is 13.0 Å². The Bertz CT molecular complexity index is 984. The zero-order chi connectivity index (χ0) is 20.1. The summed E-state index contributed by atoms with van der Waals surface area (Å²) in [5, 5.41) is 3.06. The van der Waals surface area contributed by atoms with Crippen molar-refractivity contribution < 1.29 is 4.79 Å². The molecule has 0 atom stereocenters. The molecule has 0 spiro atoms. The van der Waals surface area contributed by atoms with Crippen LogP contribution in [0.4, 0.5) is 11.4 Å². The highest BCUT2D eigenvalue weighted by Gasteiger charge is 2.16. The van der Waals surface area contributed by atoms with Crippen LogP contribution in [-0.4, -0.2) is 18.2 Å². The molecule has 1 aliphatic heterocycles. The monoisotopic (exact) mass is 402 g/mol. The van der Waals surface area contributed by atoms with Crippen molar-refractivity contribution >= 4 is 29.0 Å². The van der Waals surface area contributed by atoms with Crippen LogP contribution in [0.2, 0.25) is 0 Å². The highest BCUT2D eigenvalue weighted by Crippen LogP contribution is 2.29. The third kappa shape index (κ3) is 4.65. The minimum atomic E-state index is -0.0657. The number of para-hydroxylation sites is 2. The Hall–Kier alpha value is -2.72. The average molecular weight is 403 g/mol. The molecule has 4 heteroatoms. The second-order valence-electron chi connectivity index (χ2n) is 7.23. The van der Waals surface area contributed by atoms with Crippen LogP contribution in [0.25, 0.3) is 0 Å². The molecule has 3 nitrogen and oxygen atoms in total. The number of amides is 1. The molecule has 0 unspecified atom stereocenters. The van der Waals surface area contributed by atoms with Crippen LogP contribution in [0.1, 0.15) is 34.8 Å².